The second-order valence-electron chi connectivity index (χ2n) is 3.64. The summed E-state index contributed by atoms with van der Waals surface area (Å²) in [6.45, 7) is 0. The van der Waals surface area contributed by atoms with Gasteiger partial charge in [-0.15, -0.1) is 0 Å². The molecule has 0 aliphatic rings. The van der Waals surface area contributed by atoms with E-state index in [0.717, 1.165) is 10.9 Å². The molecule has 2 rings (SSSR count). The number of aliphatic carboxylic acids is 1. The minimum Gasteiger partial charge on any atom is -0.480 e. The van der Waals surface area contributed by atoms with E-state index < -0.39 is 12.0 Å². The Balaban J connectivity index is 2.29. The lowest BCUT2D eigenvalue weighted by Gasteiger charge is -2.06. The van der Waals surface area contributed by atoms with Crippen LogP contribution in [0.2, 0.25) is 0 Å². The zero-order valence-electron chi connectivity index (χ0n) is 8.63. The van der Waals surface area contributed by atoms with Gasteiger partial charge in [0.1, 0.15) is 6.04 Å². The normalized spacial score (nSPS) is 12.6. The van der Waals surface area contributed by atoms with Crippen LogP contribution in [-0.4, -0.2) is 22.1 Å². The largest absolute Gasteiger partial charge is 0.480 e. The van der Waals surface area contributed by atoms with E-state index in [2.05, 4.69) is 4.98 Å². The van der Waals surface area contributed by atoms with Gasteiger partial charge in [0.05, 0.1) is 5.52 Å². The van der Waals surface area contributed by atoms with Crippen LogP contribution in [0.5, 0.6) is 0 Å². The molecule has 4 nitrogen and oxygen atoms in total. The fourth-order valence-electron chi connectivity index (χ4n) is 1.53. The van der Waals surface area contributed by atoms with Crippen molar-refractivity contribution < 1.29 is 9.90 Å². The average molecular weight is 216 g/mol. The van der Waals surface area contributed by atoms with Crippen LogP contribution in [0.25, 0.3) is 10.9 Å². The van der Waals surface area contributed by atoms with Crippen LogP contribution < -0.4 is 5.73 Å². The van der Waals surface area contributed by atoms with E-state index in [-0.39, 0.29) is 6.42 Å². The molecule has 0 spiro atoms. The molecule has 0 saturated carbocycles. The molecule has 16 heavy (non-hydrogen) atoms. The maximum atomic E-state index is 10.6. The van der Waals surface area contributed by atoms with Crippen molar-refractivity contribution >= 4 is 16.9 Å². The second-order valence-corrected chi connectivity index (χ2v) is 3.64. The Hall–Kier alpha value is -1.94. The Bertz CT molecular complexity index is 525. The van der Waals surface area contributed by atoms with Gasteiger partial charge >= 0.3 is 5.97 Å². The summed E-state index contributed by atoms with van der Waals surface area (Å²) in [5.41, 5.74) is 7.01. The van der Waals surface area contributed by atoms with Gasteiger partial charge in [-0.2, -0.15) is 0 Å². The highest BCUT2D eigenvalue weighted by Gasteiger charge is 2.12. The Labute approximate surface area is 92.7 Å². The number of para-hydroxylation sites is 1. The number of nitrogens with two attached hydrogens (primary N) is 1. The van der Waals surface area contributed by atoms with Crippen LogP contribution in [0.15, 0.2) is 36.4 Å². The van der Waals surface area contributed by atoms with Gasteiger partial charge in [0, 0.05) is 17.5 Å². The monoisotopic (exact) mass is 216 g/mol. The first kappa shape index (κ1) is 10.6. The number of hydrogen-bond donors (Lipinski definition) is 2. The Morgan fingerprint density at radius 2 is 2.06 bits per heavy atom. The molecule has 1 heterocycles. The Kier molecular flexibility index (Phi) is 2.83. The standard InChI is InChI=1S/C12H12N2O2/c13-10(12(15)16)7-9-6-5-8-3-1-2-4-11(8)14-9/h1-6,10H,7,13H2,(H,15,16). The van der Waals surface area contributed by atoms with Crippen molar-refractivity contribution in [2.24, 2.45) is 5.73 Å². The van der Waals surface area contributed by atoms with Crippen LogP contribution >= 0.6 is 0 Å². The summed E-state index contributed by atoms with van der Waals surface area (Å²) in [4.78, 5) is 15.0. The van der Waals surface area contributed by atoms with Crippen LogP contribution in [0.3, 0.4) is 0 Å². The minimum atomic E-state index is -1.00. The van der Waals surface area contributed by atoms with Gasteiger partial charge in [-0.1, -0.05) is 24.3 Å². The summed E-state index contributed by atoms with van der Waals surface area (Å²) in [5, 5.41) is 9.74. The first-order valence-corrected chi connectivity index (χ1v) is 5.00. The van der Waals surface area contributed by atoms with Crippen molar-refractivity contribution in [1.29, 1.82) is 0 Å². The zero-order chi connectivity index (χ0) is 11.5. The molecular formula is C12H12N2O2. The molecule has 1 aromatic carbocycles. The third-order valence-corrected chi connectivity index (χ3v) is 2.40. The lowest BCUT2D eigenvalue weighted by Crippen LogP contribution is -2.32. The van der Waals surface area contributed by atoms with Gasteiger partial charge in [-0.3, -0.25) is 9.78 Å². The van der Waals surface area contributed by atoms with Crippen molar-refractivity contribution in [3.8, 4) is 0 Å². The number of fused-ring (bicyclic) bond motifs is 1. The second kappa shape index (κ2) is 4.28. The summed E-state index contributed by atoms with van der Waals surface area (Å²) in [7, 11) is 0. The molecule has 1 aromatic heterocycles. The molecule has 0 aliphatic heterocycles. The van der Waals surface area contributed by atoms with E-state index >= 15 is 0 Å². The van der Waals surface area contributed by atoms with E-state index in [4.69, 9.17) is 10.8 Å². The van der Waals surface area contributed by atoms with Crippen LogP contribution in [-0.2, 0) is 11.2 Å². The average Bonchev–Trinajstić information content (AvgIpc) is 2.28. The number of carbonyl (C=O) groups is 1. The van der Waals surface area contributed by atoms with Gasteiger partial charge < -0.3 is 10.8 Å². The summed E-state index contributed by atoms with van der Waals surface area (Å²) < 4.78 is 0. The predicted octanol–water partition coefficient (Wildman–Crippen LogP) is 1.19. The lowest BCUT2D eigenvalue weighted by atomic mass is 10.1. The van der Waals surface area contributed by atoms with Crippen LogP contribution in [0.1, 0.15) is 5.69 Å². The molecule has 0 amide bonds. The third-order valence-electron chi connectivity index (χ3n) is 2.40. The first-order chi connectivity index (χ1) is 7.66. The quantitative estimate of drug-likeness (QED) is 0.808. The fraction of sp³-hybridized carbons (Fsp3) is 0.167. The predicted molar refractivity (Wildman–Crippen MR) is 61.1 cm³/mol. The molecule has 0 aliphatic carbocycles. The van der Waals surface area contributed by atoms with E-state index in [1.165, 1.54) is 0 Å². The molecule has 3 N–H and O–H groups in total. The molecule has 82 valence electrons. The van der Waals surface area contributed by atoms with E-state index in [0.29, 0.717) is 5.69 Å². The highest BCUT2D eigenvalue weighted by molar-refractivity contribution is 5.78. The first-order valence-electron chi connectivity index (χ1n) is 5.00. The van der Waals surface area contributed by atoms with Gasteiger partial charge in [0.2, 0.25) is 0 Å². The van der Waals surface area contributed by atoms with E-state index in [1.807, 2.05) is 36.4 Å². The Morgan fingerprint density at radius 1 is 1.31 bits per heavy atom. The Morgan fingerprint density at radius 3 is 2.81 bits per heavy atom. The summed E-state index contributed by atoms with van der Waals surface area (Å²) in [6, 6.07) is 10.5. The molecule has 0 bridgehead atoms. The molecule has 0 radical (unpaired) electrons. The number of carboxylic acids is 1. The molecule has 1 atom stereocenters. The van der Waals surface area contributed by atoms with E-state index in [9.17, 15) is 4.79 Å². The number of rotatable bonds is 3. The number of aromatic nitrogens is 1. The minimum absolute atomic E-state index is 0.250. The van der Waals surface area contributed by atoms with Gasteiger partial charge in [0.15, 0.2) is 0 Å². The number of nitrogens with zero attached hydrogens (tertiary/aromatic N) is 1. The third kappa shape index (κ3) is 2.17. The van der Waals surface area contributed by atoms with Crippen molar-refractivity contribution in [2.45, 2.75) is 12.5 Å². The summed E-state index contributed by atoms with van der Waals surface area (Å²) in [5.74, 6) is -1.00. The van der Waals surface area contributed by atoms with Crippen molar-refractivity contribution in [1.82, 2.24) is 4.98 Å². The van der Waals surface area contributed by atoms with E-state index in [1.54, 1.807) is 0 Å². The van der Waals surface area contributed by atoms with Crippen LogP contribution in [0, 0.1) is 0 Å². The molecular weight excluding hydrogens is 204 g/mol. The zero-order valence-corrected chi connectivity index (χ0v) is 8.63. The molecule has 0 fully saturated rings. The molecule has 1 unspecified atom stereocenters. The van der Waals surface area contributed by atoms with Gasteiger partial charge in [-0.05, 0) is 12.1 Å². The highest BCUT2D eigenvalue weighted by Crippen LogP contribution is 2.12. The number of carboxylic acid groups (broad SMARTS) is 1. The van der Waals surface area contributed by atoms with Gasteiger partial charge in [-0.25, -0.2) is 0 Å². The maximum Gasteiger partial charge on any atom is 0.320 e. The molecule has 0 saturated heterocycles. The lowest BCUT2D eigenvalue weighted by molar-refractivity contribution is -0.138. The van der Waals surface area contributed by atoms with Gasteiger partial charge in [0.25, 0.3) is 0 Å². The number of hydrogen-bond acceptors (Lipinski definition) is 3. The summed E-state index contributed by atoms with van der Waals surface area (Å²) in [6.07, 6.45) is 0.250. The summed E-state index contributed by atoms with van der Waals surface area (Å²) >= 11 is 0. The van der Waals surface area contributed by atoms with Crippen molar-refractivity contribution in [3.05, 3.63) is 42.1 Å². The topological polar surface area (TPSA) is 76.2 Å². The molecule has 2 aromatic rings. The SMILES string of the molecule is NC(Cc1ccc2ccccc2n1)C(=O)O. The maximum absolute atomic E-state index is 10.6. The smallest absolute Gasteiger partial charge is 0.320 e. The number of benzene rings is 1. The van der Waals surface area contributed by atoms with Crippen molar-refractivity contribution in [3.63, 3.8) is 0 Å². The highest BCUT2D eigenvalue weighted by atomic mass is 16.4. The fourth-order valence-corrected chi connectivity index (χ4v) is 1.53. The molecule has 4 heteroatoms. The van der Waals surface area contributed by atoms with Crippen molar-refractivity contribution in [2.75, 3.05) is 0 Å². The van der Waals surface area contributed by atoms with Crippen LogP contribution in [0.4, 0.5) is 0 Å². The number of pyridine rings is 1.